The number of nitrogens with zero attached hydrogens (tertiary/aromatic N) is 1. The molecule has 152 valence electrons. The summed E-state index contributed by atoms with van der Waals surface area (Å²) in [5, 5.41) is 0. The van der Waals surface area contributed by atoms with Gasteiger partial charge in [-0.3, -0.25) is 0 Å². The van der Waals surface area contributed by atoms with Crippen LogP contribution in [0, 0.1) is 11.6 Å². The molecule has 0 saturated carbocycles. The molecule has 0 radical (unpaired) electrons. The minimum atomic E-state index is -4.52. The predicted octanol–water partition coefficient (Wildman–Crippen LogP) is 4.94. The standard InChI is InChI=1S/C18H10F5NO4S/c19-15-7-6-14(9-16(15)20)29(25,26)28-13-4-2-12(3-5-13)27-17-8-1-11(10-24-17)18(21,22)23/h1-10H. The number of ether oxygens (including phenoxy) is 1. The van der Waals surface area contributed by atoms with Crippen molar-refractivity contribution < 1.29 is 39.3 Å². The molecule has 3 rings (SSSR count). The minimum Gasteiger partial charge on any atom is -0.439 e. The highest BCUT2D eigenvalue weighted by Crippen LogP contribution is 2.30. The number of benzene rings is 2. The normalized spacial score (nSPS) is 11.9. The molecule has 0 unspecified atom stereocenters. The Morgan fingerprint density at radius 2 is 1.48 bits per heavy atom. The second-order valence-electron chi connectivity index (χ2n) is 5.57. The van der Waals surface area contributed by atoms with E-state index in [1.807, 2.05) is 0 Å². The summed E-state index contributed by atoms with van der Waals surface area (Å²) >= 11 is 0. The van der Waals surface area contributed by atoms with Gasteiger partial charge in [-0.05, 0) is 48.5 Å². The molecule has 0 spiro atoms. The van der Waals surface area contributed by atoms with Crippen molar-refractivity contribution in [2.45, 2.75) is 11.1 Å². The van der Waals surface area contributed by atoms with Gasteiger partial charge in [0, 0.05) is 12.3 Å². The highest BCUT2D eigenvalue weighted by Gasteiger charge is 2.30. The van der Waals surface area contributed by atoms with Crippen LogP contribution >= 0.6 is 0 Å². The van der Waals surface area contributed by atoms with Crippen LogP contribution in [0.1, 0.15) is 5.56 Å². The number of alkyl halides is 3. The van der Waals surface area contributed by atoms with Crippen LogP contribution in [-0.2, 0) is 16.3 Å². The van der Waals surface area contributed by atoms with E-state index in [0.29, 0.717) is 18.3 Å². The number of hydrogen-bond donors (Lipinski definition) is 0. The lowest BCUT2D eigenvalue weighted by molar-refractivity contribution is -0.137. The zero-order chi connectivity index (χ0) is 21.2. The molecule has 5 nitrogen and oxygen atoms in total. The van der Waals surface area contributed by atoms with Gasteiger partial charge in [-0.25, -0.2) is 13.8 Å². The molecule has 2 aromatic carbocycles. The lowest BCUT2D eigenvalue weighted by Gasteiger charge is -2.09. The maximum absolute atomic E-state index is 13.2. The van der Waals surface area contributed by atoms with Crippen molar-refractivity contribution in [3.05, 3.63) is 78.0 Å². The molecule has 0 atom stereocenters. The number of pyridine rings is 1. The van der Waals surface area contributed by atoms with Gasteiger partial charge in [0.25, 0.3) is 0 Å². The molecule has 0 aliphatic heterocycles. The zero-order valence-electron chi connectivity index (χ0n) is 14.2. The average Bonchev–Trinajstić information content (AvgIpc) is 2.65. The molecular weight excluding hydrogens is 421 g/mol. The van der Waals surface area contributed by atoms with Crippen molar-refractivity contribution in [1.29, 1.82) is 0 Å². The first-order valence-corrected chi connectivity index (χ1v) is 9.16. The second-order valence-corrected chi connectivity index (χ2v) is 7.12. The molecule has 3 aromatic rings. The quantitative estimate of drug-likeness (QED) is 0.423. The lowest BCUT2D eigenvalue weighted by Crippen LogP contribution is -2.10. The highest BCUT2D eigenvalue weighted by atomic mass is 32.2. The third-order valence-electron chi connectivity index (χ3n) is 3.50. The van der Waals surface area contributed by atoms with Crippen LogP contribution in [0.5, 0.6) is 17.4 Å². The summed E-state index contributed by atoms with van der Waals surface area (Å²) in [6.45, 7) is 0. The second kappa shape index (κ2) is 7.66. The van der Waals surface area contributed by atoms with Crippen molar-refractivity contribution >= 4 is 10.1 Å². The minimum absolute atomic E-state index is 0.110. The monoisotopic (exact) mass is 431 g/mol. The molecule has 11 heteroatoms. The van der Waals surface area contributed by atoms with Crippen LogP contribution in [0.2, 0.25) is 0 Å². The molecule has 0 bridgehead atoms. The van der Waals surface area contributed by atoms with Crippen LogP contribution in [0.4, 0.5) is 22.0 Å². The smallest absolute Gasteiger partial charge is 0.417 e. The molecule has 0 aliphatic carbocycles. The zero-order valence-corrected chi connectivity index (χ0v) is 15.0. The average molecular weight is 431 g/mol. The molecule has 1 aromatic heterocycles. The number of hydrogen-bond acceptors (Lipinski definition) is 5. The molecule has 29 heavy (non-hydrogen) atoms. The van der Waals surface area contributed by atoms with Gasteiger partial charge in [-0.2, -0.15) is 21.6 Å². The van der Waals surface area contributed by atoms with Gasteiger partial charge in [0.15, 0.2) is 11.6 Å². The van der Waals surface area contributed by atoms with Crippen LogP contribution in [0.15, 0.2) is 65.7 Å². The first kappa shape index (κ1) is 20.5. The molecule has 0 N–H and O–H groups in total. The van der Waals surface area contributed by atoms with E-state index in [9.17, 15) is 30.4 Å². The SMILES string of the molecule is O=S(=O)(Oc1ccc(Oc2ccc(C(F)(F)F)cn2)cc1)c1ccc(F)c(F)c1. The van der Waals surface area contributed by atoms with E-state index < -0.39 is 38.4 Å². The number of aromatic nitrogens is 1. The van der Waals surface area contributed by atoms with Gasteiger partial charge in [0.2, 0.25) is 5.88 Å². The maximum Gasteiger partial charge on any atom is 0.417 e. The Labute approximate surface area is 161 Å². The fraction of sp³-hybridized carbons (Fsp3) is 0.0556. The van der Waals surface area contributed by atoms with Gasteiger partial charge in [-0.1, -0.05) is 0 Å². The topological polar surface area (TPSA) is 65.5 Å². The largest absolute Gasteiger partial charge is 0.439 e. The summed E-state index contributed by atoms with van der Waals surface area (Å²) in [5.74, 6) is -2.66. The van der Waals surface area contributed by atoms with E-state index in [4.69, 9.17) is 8.92 Å². The summed E-state index contributed by atoms with van der Waals surface area (Å²) in [6, 6.07) is 8.80. The Morgan fingerprint density at radius 3 is 2.03 bits per heavy atom. The summed E-state index contributed by atoms with van der Waals surface area (Å²) in [7, 11) is -4.41. The first-order chi connectivity index (χ1) is 13.5. The maximum atomic E-state index is 13.2. The molecule has 1 heterocycles. The van der Waals surface area contributed by atoms with E-state index in [1.54, 1.807) is 0 Å². The lowest BCUT2D eigenvalue weighted by atomic mass is 10.3. The highest BCUT2D eigenvalue weighted by molar-refractivity contribution is 7.87. The Balaban J connectivity index is 1.70. The van der Waals surface area contributed by atoms with Crippen molar-refractivity contribution in [3.8, 4) is 17.4 Å². The fourth-order valence-electron chi connectivity index (χ4n) is 2.10. The van der Waals surface area contributed by atoms with E-state index in [2.05, 4.69) is 4.98 Å². The van der Waals surface area contributed by atoms with Crippen LogP contribution in [-0.4, -0.2) is 13.4 Å². The fourth-order valence-corrected chi connectivity index (χ4v) is 3.04. The van der Waals surface area contributed by atoms with E-state index in [-0.39, 0.29) is 17.4 Å². The third-order valence-corrected chi connectivity index (χ3v) is 4.74. The van der Waals surface area contributed by atoms with Gasteiger partial charge in [-0.15, -0.1) is 0 Å². The van der Waals surface area contributed by atoms with Crippen molar-refractivity contribution in [2.24, 2.45) is 0 Å². The van der Waals surface area contributed by atoms with Crippen molar-refractivity contribution in [1.82, 2.24) is 4.98 Å². The molecular formula is C18H10F5NO4S. The predicted molar refractivity (Wildman–Crippen MR) is 89.9 cm³/mol. The first-order valence-electron chi connectivity index (χ1n) is 7.75. The Kier molecular flexibility index (Phi) is 5.42. The van der Waals surface area contributed by atoms with Crippen LogP contribution < -0.4 is 8.92 Å². The van der Waals surface area contributed by atoms with E-state index >= 15 is 0 Å². The number of rotatable bonds is 5. The van der Waals surface area contributed by atoms with Gasteiger partial charge >= 0.3 is 16.3 Å². The van der Waals surface area contributed by atoms with Crippen LogP contribution in [0.25, 0.3) is 0 Å². The third kappa shape index (κ3) is 4.99. The Hall–Kier alpha value is -3.21. The summed E-state index contributed by atoms with van der Waals surface area (Å²) in [6.07, 6.45) is -3.91. The Bertz CT molecular complexity index is 1110. The van der Waals surface area contributed by atoms with Crippen molar-refractivity contribution in [3.63, 3.8) is 0 Å². The molecule has 0 aliphatic rings. The van der Waals surface area contributed by atoms with Gasteiger partial charge in [0.05, 0.1) is 5.56 Å². The molecule has 0 amide bonds. The summed E-state index contributed by atoms with van der Waals surface area (Å²) in [5.41, 5.74) is -0.934. The molecule has 0 saturated heterocycles. The van der Waals surface area contributed by atoms with Crippen molar-refractivity contribution in [2.75, 3.05) is 0 Å². The van der Waals surface area contributed by atoms with Crippen LogP contribution in [0.3, 0.4) is 0 Å². The summed E-state index contributed by atoms with van der Waals surface area (Å²) < 4.78 is 98.0. The molecule has 0 fully saturated rings. The van der Waals surface area contributed by atoms with E-state index in [0.717, 1.165) is 18.2 Å². The van der Waals surface area contributed by atoms with Gasteiger partial charge < -0.3 is 8.92 Å². The van der Waals surface area contributed by atoms with E-state index in [1.165, 1.54) is 24.3 Å². The van der Waals surface area contributed by atoms with Gasteiger partial charge in [0.1, 0.15) is 16.4 Å². The summed E-state index contributed by atoms with van der Waals surface area (Å²) in [4.78, 5) is 2.96. The Morgan fingerprint density at radius 1 is 0.828 bits per heavy atom. The number of halogens is 5.